The monoisotopic (exact) mass is 325 g/mol. The average molecular weight is 325 g/mol. The minimum absolute atomic E-state index is 0.439. The molecule has 3 rings (SSSR count). The van der Waals surface area contributed by atoms with E-state index >= 15 is 0 Å². The van der Waals surface area contributed by atoms with E-state index in [4.69, 9.17) is 4.52 Å². The minimum atomic E-state index is -4.30. The smallest absolute Gasteiger partial charge is 0.338 e. The molecular formula is C16H18F3N3O. The van der Waals surface area contributed by atoms with Gasteiger partial charge in [0.2, 0.25) is 5.89 Å². The van der Waals surface area contributed by atoms with Crippen molar-refractivity contribution in [2.24, 2.45) is 0 Å². The van der Waals surface area contributed by atoms with Crippen molar-refractivity contribution in [1.29, 1.82) is 0 Å². The Morgan fingerprint density at radius 1 is 1.17 bits per heavy atom. The summed E-state index contributed by atoms with van der Waals surface area (Å²) in [6.07, 6.45) is -1.40. The zero-order valence-corrected chi connectivity index (χ0v) is 12.8. The van der Waals surface area contributed by atoms with Crippen LogP contribution in [0.1, 0.15) is 42.6 Å². The lowest BCUT2D eigenvalue weighted by Gasteiger charge is -2.20. The van der Waals surface area contributed by atoms with Crippen molar-refractivity contribution >= 4 is 0 Å². The Morgan fingerprint density at radius 2 is 1.87 bits per heavy atom. The molecule has 0 atom stereocenters. The fraction of sp³-hybridized carbons (Fsp3) is 0.500. The molecule has 0 radical (unpaired) electrons. The van der Waals surface area contributed by atoms with E-state index in [9.17, 15) is 13.2 Å². The second-order valence-electron chi connectivity index (χ2n) is 5.79. The summed E-state index contributed by atoms with van der Waals surface area (Å²) >= 11 is 0. The topological polar surface area (TPSA) is 42.2 Å². The van der Waals surface area contributed by atoms with Crippen LogP contribution in [0.15, 0.2) is 28.8 Å². The first-order valence-corrected chi connectivity index (χ1v) is 7.67. The third-order valence-corrected chi connectivity index (χ3v) is 3.89. The Balaban J connectivity index is 1.67. The predicted molar refractivity (Wildman–Crippen MR) is 77.4 cm³/mol. The van der Waals surface area contributed by atoms with Crippen LogP contribution in [0.25, 0.3) is 0 Å². The first-order chi connectivity index (χ1) is 11.0. The lowest BCUT2D eigenvalue weighted by Crippen LogP contribution is -2.25. The van der Waals surface area contributed by atoms with Crippen molar-refractivity contribution in [3.8, 4) is 0 Å². The number of nitrogens with zero attached hydrogens (tertiary/aromatic N) is 3. The second kappa shape index (κ2) is 6.31. The number of rotatable bonds is 6. The summed E-state index contributed by atoms with van der Waals surface area (Å²) in [5, 5.41) is 3.88. The Labute approximate surface area is 132 Å². The molecule has 0 saturated heterocycles. The van der Waals surface area contributed by atoms with E-state index in [1.807, 2.05) is 6.92 Å². The molecule has 4 nitrogen and oxygen atoms in total. The highest BCUT2D eigenvalue weighted by Crippen LogP contribution is 2.31. The summed E-state index contributed by atoms with van der Waals surface area (Å²) < 4.78 is 43.0. The van der Waals surface area contributed by atoms with E-state index in [0.717, 1.165) is 30.5 Å². The maximum absolute atomic E-state index is 12.6. The molecule has 23 heavy (non-hydrogen) atoms. The van der Waals surface area contributed by atoms with Crippen LogP contribution in [-0.4, -0.2) is 21.1 Å². The van der Waals surface area contributed by atoms with Gasteiger partial charge in [-0.3, -0.25) is 4.90 Å². The van der Waals surface area contributed by atoms with Gasteiger partial charge in [0.05, 0.1) is 12.1 Å². The molecule has 1 aliphatic rings. The molecule has 124 valence electrons. The minimum Gasteiger partial charge on any atom is -0.338 e. The van der Waals surface area contributed by atoms with Crippen LogP contribution in [0.3, 0.4) is 0 Å². The molecule has 1 saturated carbocycles. The lowest BCUT2D eigenvalue weighted by molar-refractivity contribution is -0.137. The number of aromatic nitrogens is 2. The normalized spacial score (nSPS) is 15.3. The van der Waals surface area contributed by atoms with Crippen LogP contribution >= 0.6 is 0 Å². The third kappa shape index (κ3) is 4.10. The average Bonchev–Trinajstić information content (AvgIpc) is 3.26. The van der Waals surface area contributed by atoms with E-state index in [1.54, 1.807) is 0 Å². The molecule has 1 heterocycles. The Bertz CT molecular complexity index is 647. The summed E-state index contributed by atoms with van der Waals surface area (Å²) in [4.78, 5) is 6.47. The van der Waals surface area contributed by atoms with Gasteiger partial charge in [0.25, 0.3) is 0 Å². The summed E-state index contributed by atoms with van der Waals surface area (Å²) in [6.45, 7) is 3.06. The van der Waals surface area contributed by atoms with Gasteiger partial charge in [-0.15, -0.1) is 0 Å². The Kier molecular flexibility index (Phi) is 4.39. The Morgan fingerprint density at radius 3 is 2.39 bits per heavy atom. The molecule has 1 aromatic carbocycles. The number of aryl methyl sites for hydroxylation is 1. The second-order valence-corrected chi connectivity index (χ2v) is 5.79. The molecule has 1 aliphatic carbocycles. The SMILES string of the molecule is CCc1noc(CN(Cc2ccc(C(F)(F)F)cc2)C2CC2)n1. The van der Waals surface area contributed by atoms with Crippen molar-refractivity contribution in [2.75, 3.05) is 0 Å². The predicted octanol–water partition coefficient (Wildman–Crippen LogP) is 3.82. The number of hydrogen-bond acceptors (Lipinski definition) is 4. The molecule has 0 unspecified atom stereocenters. The van der Waals surface area contributed by atoms with Gasteiger partial charge in [-0.1, -0.05) is 24.2 Å². The molecule has 1 fully saturated rings. The van der Waals surface area contributed by atoms with E-state index in [1.165, 1.54) is 12.1 Å². The van der Waals surface area contributed by atoms with Gasteiger partial charge in [-0.05, 0) is 30.5 Å². The van der Waals surface area contributed by atoms with Gasteiger partial charge < -0.3 is 4.52 Å². The van der Waals surface area contributed by atoms with Crippen LogP contribution in [0.2, 0.25) is 0 Å². The first-order valence-electron chi connectivity index (χ1n) is 7.67. The van der Waals surface area contributed by atoms with Crippen LogP contribution in [0.5, 0.6) is 0 Å². The summed E-state index contributed by atoms with van der Waals surface area (Å²) in [5.74, 6) is 1.23. The fourth-order valence-corrected chi connectivity index (χ4v) is 2.46. The number of hydrogen-bond donors (Lipinski definition) is 0. The molecule has 0 aliphatic heterocycles. The van der Waals surface area contributed by atoms with Gasteiger partial charge in [-0.25, -0.2) is 0 Å². The van der Waals surface area contributed by atoms with Crippen LogP contribution in [0, 0.1) is 0 Å². The van der Waals surface area contributed by atoms with Crippen molar-refractivity contribution in [2.45, 2.75) is 51.5 Å². The maximum Gasteiger partial charge on any atom is 0.416 e. The van der Waals surface area contributed by atoms with Gasteiger partial charge in [-0.2, -0.15) is 18.2 Å². The van der Waals surface area contributed by atoms with E-state index in [-0.39, 0.29) is 0 Å². The van der Waals surface area contributed by atoms with Crippen molar-refractivity contribution in [3.63, 3.8) is 0 Å². The molecule has 0 bridgehead atoms. The molecule has 0 spiro atoms. The Hall–Kier alpha value is -1.89. The van der Waals surface area contributed by atoms with Crippen molar-refractivity contribution in [1.82, 2.24) is 15.0 Å². The first kappa shape index (κ1) is 16.0. The maximum atomic E-state index is 12.6. The highest BCUT2D eigenvalue weighted by molar-refractivity contribution is 5.24. The molecule has 2 aromatic rings. The lowest BCUT2D eigenvalue weighted by atomic mass is 10.1. The zero-order valence-electron chi connectivity index (χ0n) is 12.8. The summed E-state index contributed by atoms with van der Waals surface area (Å²) in [7, 11) is 0. The standard InChI is InChI=1S/C16H18F3N3O/c1-2-14-20-15(23-21-14)10-22(13-7-8-13)9-11-3-5-12(6-4-11)16(17,18)19/h3-6,13H,2,7-10H2,1H3. The highest BCUT2D eigenvalue weighted by Gasteiger charge is 2.32. The van der Waals surface area contributed by atoms with Crippen LogP contribution in [0.4, 0.5) is 13.2 Å². The molecule has 0 amide bonds. The molecular weight excluding hydrogens is 307 g/mol. The number of halogens is 3. The fourth-order valence-electron chi connectivity index (χ4n) is 2.46. The number of benzene rings is 1. The zero-order chi connectivity index (χ0) is 16.4. The van der Waals surface area contributed by atoms with Crippen molar-refractivity contribution in [3.05, 3.63) is 47.1 Å². The van der Waals surface area contributed by atoms with E-state index in [0.29, 0.717) is 37.3 Å². The molecule has 0 N–H and O–H groups in total. The number of alkyl halides is 3. The third-order valence-electron chi connectivity index (χ3n) is 3.89. The van der Waals surface area contributed by atoms with Crippen LogP contribution < -0.4 is 0 Å². The quantitative estimate of drug-likeness (QED) is 0.810. The molecule has 1 aromatic heterocycles. The van der Waals surface area contributed by atoms with Gasteiger partial charge in [0, 0.05) is 19.0 Å². The van der Waals surface area contributed by atoms with E-state index < -0.39 is 11.7 Å². The molecule has 7 heteroatoms. The van der Waals surface area contributed by atoms with Gasteiger partial charge in [0.1, 0.15) is 0 Å². The van der Waals surface area contributed by atoms with E-state index in [2.05, 4.69) is 15.0 Å². The van der Waals surface area contributed by atoms with Gasteiger partial charge >= 0.3 is 6.18 Å². The largest absolute Gasteiger partial charge is 0.416 e. The highest BCUT2D eigenvalue weighted by atomic mass is 19.4. The summed E-state index contributed by atoms with van der Waals surface area (Å²) in [5.41, 5.74) is 0.226. The summed E-state index contributed by atoms with van der Waals surface area (Å²) in [6, 6.07) is 5.76. The van der Waals surface area contributed by atoms with Gasteiger partial charge in [0.15, 0.2) is 5.82 Å². The van der Waals surface area contributed by atoms with Crippen LogP contribution in [-0.2, 0) is 25.7 Å². The van der Waals surface area contributed by atoms with Crippen molar-refractivity contribution < 1.29 is 17.7 Å².